The number of carbonyl (C=O) groups excluding carboxylic acids is 1. The van der Waals surface area contributed by atoms with Crippen LogP contribution in [-0.4, -0.2) is 26.6 Å². The van der Waals surface area contributed by atoms with Crippen LogP contribution < -0.4 is 16.0 Å². The number of hydroxylamine groups is 1. The fourth-order valence-corrected chi connectivity index (χ4v) is 5.60. The van der Waals surface area contributed by atoms with Crippen LogP contribution in [0.5, 0.6) is 5.75 Å². The second kappa shape index (κ2) is 9.32. The van der Waals surface area contributed by atoms with E-state index in [1.54, 1.807) is 19.3 Å². The van der Waals surface area contributed by atoms with Crippen molar-refractivity contribution < 1.29 is 23.2 Å². The number of rotatable bonds is 6. The van der Waals surface area contributed by atoms with Gasteiger partial charge < -0.3 is 10.5 Å². The van der Waals surface area contributed by atoms with Crippen LogP contribution in [0, 0.1) is 13.8 Å². The lowest BCUT2D eigenvalue weighted by atomic mass is 9.91. The maximum absolute atomic E-state index is 13.6. The maximum Gasteiger partial charge on any atom is 0.276 e. The van der Waals surface area contributed by atoms with Crippen molar-refractivity contribution in [2.45, 2.75) is 30.1 Å². The first-order chi connectivity index (χ1) is 15.1. The first-order valence-electron chi connectivity index (χ1n) is 9.61. The second-order valence-corrected chi connectivity index (χ2v) is 10.1. The van der Waals surface area contributed by atoms with Crippen LogP contribution in [0.15, 0.2) is 62.8 Å². The van der Waals surface area contributed by atoms with Gasteiger partial charge in [0.25, 0.3) is 5.91 Å². The summed E-state index contributed by atoms with van der Waals surface area (Å²) >= 11 is 3.38. The highest BCUT2D eigenvalue weighted by Gasteiger charge is 2.32. The lowest BCUT2D eigenvalue weighted by Crippen LogP contribution is -2.26. The molecule has 1 amide bonds. The Morgan fingerprint density at radius 1 is 1.06 bits per heavy atom. The summed E-state index contributed by atoms with van der Waals surface area (Å²) in [6, 6.07) is 13.3. The minimum atomic E-state index is -4.16. The van der Waals surface area contributed by atoms with Crippen molar-refractivity contribution in [1.82, 2.24) is 5.48 Å². The number of nitrogens with two attached hydrogens (primary N) is 1. The minimum absolute atomic E-state index is 0.0220. The lowest BCUT2D eigenvalue weighted by Gasteiger charge is -2.21. The Morgan fingerprint density at radius 2 is 1.66 bits per heavy atom. The molecule has 0 saturated carbocycles. The molecule has 0 saturated heterocycles. The molecule has 0 unspecified atom stereocenters. The number of nitrogens with one attached hydrogen (secondary N) is 1. The molecule has 0 spiro atoms. The number of ether oxygens (including phenoxy) is 1. The zero-order valence-electron chi connectivity index (χ0n) is 17.8. The van der Waals surface area contributed by atoms with Crippen molar-refractivity contribution in [1.29, 1.82) is 0 Å². The molecule has 0 heterocycles. The average molecular weight is 519 g/mol. The third-order valence-electron chi connectivity index (χ3n) is 5.39. The van der Waals surface area contributed by atoms with Crippen LogP contribution in [0.4, 0.5) is 5.69 Å². The normalized spacial score (nSPS) is 11.3. The van der Waals surface area contributed by atoms with Crippen LogP contribution in [-0.2, 0) is 16.3 Å². The summed E-state index contributed by atoms with van der Waals surface area (Å²) in [5.41, 5.74) is 10.2. The molecule has 0 bridgehead atoms. The standard InChI is InChI=1S/C23H23BrN2O5S/c1-13-19(12-15-4-6-16(24)7-5-15)20(23(27)26-28)22(14(2)21(13)25)32(29,30)18-10-8-17(31-3)9-11-18/h4-11,28H,12,25H2,1-3H3,(H,26,27). The van der Waals surface area contributed by atoms with Gasteiger partial charge in [-0.2, -0.15) is 0 Å². The van der Waals surface area contributed by atoms with Crippen LogP contribution in [0.25, 0.3) is 0 Å². The van der Waals surface area contributed by atoms with Gasteiger partial charge in [-0.15, -0.1) is 0 Å². The number of carbonyl (C=O) groups is 1. The predicted molar refractivity (Wildman–Crippen MR) is 125 cm³/mol. The van der Waals surface area contributed by atoms with Crippen LogP contribution in [0.1, 0.15) is 32.6 Å². The molecule has 0 fully saturated rings. The largest absolute Gasteiger partial charge is 0.497 e. The summed E-state index contributed by atoms with van der Waals surface area (Å²) in [6.45, 7) is 3.28. The van der Waals surface area contributed by atoms with Gasteiger partial charge in [-0.05, 0) is 78.9 Å². The van der Waals surface area contributed by atoms with E-state index >= 15 is 0 Å². The van der Waals surface area contributed by atoms with Gasteiger partial charge in [0.2, 0.25) is 9.84 Å². The molecular weight excluding hydrogens is 496 g/mol. The summed E-state index contributed by atoms with van der Waals surface area (Å²) in [5.74, 6) is -0.427. The Balaban J connectivity index is 2.32. The number of hydrogen-bond donors (Lipinski definition) is 3. The molecule has 32 heavy (non-hydrogen) atoms. The van der Waals surface area contributed by atoms with E-state index in [4.69, 9.17) is 10.5 Å². The molecule has 3 aromatic carbocycles. The molecule has 3 rings (SSSR count). The Morgan fingerprint density at radius 3 is 2.19 bits per heavy atom. The lowest BCUT2D eigenvalue weighted by molar-refractivity contribution is 0.0701. The molecule has 7 nitrogen and oxygen atoms in total. The van der Waals surface area contributed by atoms with E-state index in [9.17, 15) is 18.4 Å². The highest BCUT2D eigenvalue weighted by atomic mass is 79.9. The first kappa shape index (κ1) is 23.8. The number of methoxy groups -OCH3 is 1. The fraction of sp³-hybridized carbons (Fsp3) is 0.174. The monoisotopic (exact) mass is 518 g/mol. The van der Waals surface area contributed by atoms with E-state index in [1.807, 2.05) is 24.3 Å². The molecule has 168 valence electrons. The number of hydrogen-bond acceptors (Lipinski definition) is 6. The zero-order chi connectivity index (χ0) is 23.6. The van der Waals surface area contributed by atoms with Gasteiger partial charge in [0, 0.05) is 10.2 Å². The zero-order valence-corrected chi connectivity index (χ0v) is 20.2. The van der Waals surface area contributed by atoms with Gasteiger partial charge in [0.05, 0.1) is 22.5 Å². The molecule has 0 aliphatic carbocycles. The van der Waals surface area contributed by atoms with E-state index in [0.717, 1.165) is 10.0 Å². The third-order valence-corrected chi connectivity index (χ3v) is 7.86. The summed E-state index contributed by atoms with van der Waals surface area (Å²) in [5, 5.41) is 9.45. The van der Waals surface area contributed by atoms with E-state index < -0.39 is 15.7 Å². The van der Waals surface area contributed by atoms with E-state index in [2.05, 4.69) is 15.9 Å². The molecule has 4 N–H and O–H groups in total. The number of benzene rings is 3. The predicted octanol–water partition coefficient (Wildman–Crippen LogP) is 4.20. The first-order valence-corrected chi connectivity index (χ1v) is 11.9. The van der Waals surface area contributed by atoms with Crippen molar-refractivity contribution in [3.63, 3.8) is 0 Å². The van der Waals surface area contributed by atoms with Gasteiger partial charge in [0.1, 0.15) is 5.75 Å². The Kier molecular flexibility index (Phi) is 6.92. The highest BCUT2D eigenvalue weighted by Crippen LogP contribution is 2.37. The fourth-order valence-electron chi connectivity index (χ4n) is 3.61. The number of nitrogen functional groups attached to an aromatic ring is 1. The average Bonchev–Trinajstić information content (AvgIpc) is 2.79. The second-order valence-electron chi connectivity index (χ2n) is 7.27. The summed E-state index contributed by atoms with van der Waals surface area (Å²) in [4.78, 5) is 12.5. The molecule has 0 aliphatic rings. The Bertz CT molecular complexity index is 1270. The Hall–Kier alpha value is -2.88. The van der Waals surface area contributed by atoms with Crippen LogP contribution >= 0.6 is 15.9 Å². The summed E-state index contributed by atoms with van der Waals surface area (Å²) in [6.07, 6.45) is 0.247. The number of anilines is 1. The molecule has 0 atom stereocenters. The van der Waals surface area contributed by atoms with Gasteiger partial charge in [-0.25, -0.2) is 13.9 Å². The number of halogens is 1. The molecule has 0 aromatic heterocycles. The molecular formula is C23H23BrN2O5S. The van der Waals surface area contributed by atoms with E-state index in [1.165, 1.54) is 31.4 Å². The van der Waals surface area contributed by atoms with Crippen molar-refractivity contribution in [3.05, 3.63) is 80.8 Å². The quantitative estimate of drug-likeness (QED) is 0.255. The maximum atomic E-state index is 13.6. The molecule has 9 heteroatoms. The van der Waals surface area contributed by atoms with Gasteiger partial charge >= 0.3 is 0 Å². The van der Waals surface area contributed by atoms with Crippen LogP contribution in [0.2, 0.25) is 0 Å². The Labute approximate surface area is 195 Å². The van der Waals surface area contributed by atoms with Crippen molar-refractivity contribution in [3.8, 4) is 5.75 Å². The SMILES string of the molecule is COc1ccc(S(=O)(=O)c2c(C)c(N)c(C)c(Cc3ccc(Br)cc3)c2C(=O)NO)cc1. The highest BCUT2D eigenvalue weighted by molar-refractivity contribution is 9.10. The van der Waals surface area contributed by atoms with E-state index in [0.29, 0.717) is 16.9 Å². The number of sulfone groups is 1. The minimum Gasteiger partial charge on any atom is -0.497 e. The smallest absolute Gasteiger partial charge is 0.276 e. The molecule has 3 aromatic rings. The topological polar surface area (TPSA) is 119 Å². The van der Waals surface area contributed by atoms with Gasteiger partial charge in [-0.3, -0.25) is 10.0 Å². The molecule has 0 radical (unpaired) electrons. The third kappa shape index (κ3) is 4.36. The summed E-state index contributed by atoms with van der Waals surface area (Å²) < 4.78 is 33.3. The van der Waals surface area contributed by atoms with E-state index in [-0.39, 0.29) is 33.0 Å². The van der Waals surface area contributed by atoms with Crippen molar-refractivity contribution in [2.24, 2.45) is 0 Å². The molecule has 0 aliphatic heterocycles. The van der Waals surface area contributed by atoms with Gasteiger partial charge in [0.15, 0.2) is 0 Å². The number of amides is 1. The van der Waals surface area contributed by atoms with Crippen LogP contribution in [0.3, 0.4) is 0 Å². The summed E-state index contributed by atoms with van der Waals surface area (Å²) in [7, 11) is -2.68. The van der Waals surface area contributed by atoms with Gasteiger partial charge in [-0.1, -0.05) is 28.1 Å². The van der Waals surface area contributed by atoms with Crippen molar-refractivity contribution in [2.75, 3.05) is 12.8 Å². The van der Waals surface area contributed by atoms with Crippen molar-refractivity contribution >= 4 is 37.4 Å².